The Morgan fingerprint density at radius 2 is 1.67 bits per heavy atom. The minimum atomic E-state index is -0.236. The summed E-state index contributed by atoms with van der Waals surface area (Å²) >= 11 is 5.81. The van der Waals surface area contributed by atoms with Crippen LogP contribution < -0.4 is 5.32 Å². The highest BCUT2D eigenvalue weighted by atomic mass is 35.5. The molecule has 6 heteroatoms. The summed E-state index contributed by atoms with van der Waals surface area (Å²) in [7, 11) is 0. The third kappa shape index (κ3) is 3.51. The van der Waals surface area contributed by atoms with E-state index in [4.69, 9.17) is 11.6 Å². The minimum Gasteiger partial charge on any atom is -0.352 e. The maximum absolute atomic E-state index is 12.3. The third-order valence-corrected chi connectivity index (χ3v) is 4.82. The van der Waals surface area contributed by atoms with Gasteiger partial charge in [0.25, 0.3) is 0 Å². The van der Waals surface area contributed by atoms with E-state index < -0.39 is 0 Å². The molecule has 0 aromatic heterocycles. The molecule has 1 aromatic rings. The van der Waals surface area contributed by atoms with Crippen LogP contribution in [0.3, 0.4) is 0 Å². The lowest BCUT2D eigenvalue weighted by atomic mass is 9.85. The van der Waals surface area contributed by atoms with Crippen molar-refractivity contribution in [3.05, 3.63) is 47.0 Å². The van der Waals surface area contributed by atoms with E-state index in [9.17, 15) is 14.4 Å². The molecule has 3 amide bonds. The first-order valence-electron chi connectivity index (χ1n) is 8.07. The average Bonchev–Trinajstić information content (AvgIpc) is 2.84. The molecule has 1 aliphatic carbocycles. The van der Waals surface area contributed by atoms with E-state index >= 15 is 0 Å². The number of hydrogen-bond donors (Lipinski definition) is 1. The van der Waals surface area contributed by atoms with Crippen molar-refractivity contribution < 1.29 is 14.4 Å². The number of fused-ring (bicyclic) bond motifs is 1. The molecule has 0 unspecified atom stereocenters. The van der Waals surface area contributed by atoms with Gasteiger partial charge in [-0.25, -0.2) is 0 Å². The van der Waals surface area contributed by atoms with Crippen molar-refractivity contribution in [3.8, 4) is 0 Å². The van der Waals surface area contributed by atoms with Crippen molar-refractivity contribution in [3.63, 3.8) is 0 Å². The van der Waals surface area contributed by atoms with Gasteiger partial charge in [-0.2, -0.15) is 0 Å². The predicted molar refractivity (Wildman–Crippen MR) is 90.0 cm³/mol. The summed E-state index contributed by atoms with van der Waals surface area (Å²) in [6.07, 6.45) is 5.27. The van der Waals surface area contributed by atoms with Crippen molar-refractivity contribution in [2.24, 2.45) is 11.8 Å². The van der Waals surface area contributed by atoms with Crippen LogP contribution in [0.2, 0.25) is 5.02 Å². The number of nitrogens with one attached hydrogen (secondary N) is 1. The highest BCUT2D eigenvalue weighted by Crippen LogP contribution is 2.34. The summed E-state index contributed by atoms with van der Waals surface area (Å²) in [6, 6.07) is 7.21. The van der Waals surface area contributed by atoms with Crippen molar-refractivity contribution >= 4 is 29.3 Å². The first-order chi connectivity index (χ1) is 11.6. The molecule has 2 atom stereocenters. The fourth-order valence-corrected chi connectivity index (χ4v) is 3.32. The predicted octanol–water partition coefficient (Wildman–Crippen LogP) is 2.30. The number of nitrogens with zero attached hydrogens (tertiary/aromatic N) is 1. The number of halogens is 1. The molecule has 1 N–H and O–H groups in total. The molecule has 126 valence electrons. The summed E-state index contributed by atoms with van der Waals surface area (Å²) in [5, 5.41) is 3.44. The molecule has 0 bridgehead atoms. The molecule has 0 spiro atoms. The monoisotopic (exact) mass is 346 g/mol. The molecule has 5 nitrogen and oxygen atoms in total. The lowest BCUT2D eigenvalue weighted by Crippen LogP contribution is -2.35. The fourth-order valence-electron chi connectivity index (χ4n) is 3.19. The summed E-state index contributed by atoms with van der Waals surface area (Å²) in [6.45, 7) is 0.546. The SMILES string of the molecule is O=C(CCN1C(=O)[C@H]2CC=CC[C@H]2C1=O)NCc1ccc(Cl)cc1. The highest BCUT2D eigenvalue weighted by molar-refractivity contribution is 6.30. The van der Waals surface area contributed by atoms with Crippen molar-refractivity contribution in [1.82, 2.24) is 10.2 Å². The molecular weight excluding hydrogens is 328 g/mol. The van der Waals surface area contributed by atoms with Gasteiger partial charge in [0.2, 0.25) is 17.7 Å². The number of rotatable bonds is 5. The van der Waals surface area contributed by atoms with Gasteiger partial charge in [-0.05, 0) is 30.5 Å². The minimum absolute atomic E-state index is 0.123. The van der Waals surface area contributed by atoms with Gasteiger partial charge in [0, 0.05) is 24.5 Å². The molecule has 24 heavy (non-hydrogen) atoms. The van der Waals surface area contributed by atoms with E-state index in [1.807, 2.05) is 24.3 Å². The van der Waals surface area contributed by atoms with Crippen LogP contribution in [0.4, 0.5) is 0 Å². The zero-order valence-electron chi connectivity index (χ0n) is 13.2. The second-order valence-corrected chi connectivity index (χ2v) is 6.57. The standard InChI is InChI=1S/C18H19ClN2O3/c19-13-7-5-12(6-8-13)11-20-16(22)9-10-21-17(23)14-3-1-2-4-15(14)18(21)24/h1-2,5-8,14-15H,3-4,9-11H2,(H,20,22)/t14-,15+. The summed E-state index contributed by atoms with van der Waals surface area (Å²) in [5.41, 5.74) is 0.943. The Balaban J connectivity index is 1.48. The number of hydrogen-bond acceptors (Lipinski definition) is 3. The number of amides is 3. The van der Waals surface area contributed by atoms with Gasteiger partial charge in [-0.15, -0.1) is 0 Å². The summed E-state index contributed by atoms with van der Waals surface area (Å²) < 4.78 is 0. The normalized spacial score (nSPS) is 22.6. The number of likely N-dealkylation sites (tertiary alicyclic amines) is 1. The average molecular weight is 347 g/mol. The Bertz CT molecular complexity index is 658. The Kier molecular flexibility index (Phi) is 5.00. The summed E-state index contributed by atoms with van der Waals surface area (Å²) in [5.74, 6) is -0.933. The second kappa shape index (κ2) is 7.18. The molecule has 1 saturated heterocycles. The lowest BCUT2D eigenvalue weighted by molar-refractivity contribution is -0.140. The molecule has 0 saturated carbocycles. The Morgan fingerprint density at radius 1 is 1.08 bits per heavy atom. The largest absolute Gasteiger partial charge is 0.352 e. The quantitative estimate of drug-likeness (QED) is 0.657. The first-order valence-corrected chi connectivity index (χ1v) is 8.45. The van der Waals surface area contributed by atoms with Gasteiger partial charge in [0.05, 0.1) is 11.8 Å². The van der Waals surface area contributed by atoms with Crippen LogP contribution in [-0.4, -0.2) is 29.2 Å². The van der Waals surface area contributed by atoms with Crippen molar-refractivity contribution in [1.29, 1.82) is 0 Å². The smallest absolute Gasteiger partial charge is 0.233 e. The van der Waals surface area contributed by atoms with Crippen LogP contribution >= 0.6 is 11.6 Å². The lowest BCUT2D eigenvalue weighted by Gasteiger charge is -2.14. The van der Waals surface area contributed by atoms with E-state index in [1.54, 1.807) is 12.1 Å². The summed E-state index contributed by atoms with van der Waals surface area (Å²) in [4.78, 5) is 37.8. The molecule has 1 fully saturated rings. The van der Waals surface area contributed by atoms with E-state index in [0.29, 0.717) is 24.4 Å². The van der Waals surface area contributed by atoms with Crippen LogP contribution in [0.5, 0.6) is 0 Å². The van der Waals surface area contributed by atoms with E-state index in [0.717, 1.165) is 5.56 Å². The Labute approximate surface area is 145 Å². The zero-order chi connectivity index (χ0) is 17.1. The molecular formula is C18H19ClN2O3. The van der Waals surface area contributed by atoms with Crippen LogP contribution in [0.1, 0.15) is 24.8 Å². The molecule has 2 aliphatic rings. The second-order valence-electron chi connectivity index (χ2n) is 6.14. The number of benzene rings is 1. The Hall–Kier alpha value is -2.14. The molecule has 1 aromatic carbocycles. The number of carbonyl (C=O) groups is 3. The number of allylic oxidation sites excluding steroid dienone is 2. The molecule has 1 heterocycles. The molecule has 0 radical (unpaired) electrons. The third-order valence-electron chi connectivity index (χ3n) is 4.56. The van der Waals surface area contributed by atoms with Gasteiger partial charge in [-0.1, -0.05) is 35.9 Å². The van der Waals surface area contributed by atoms with E-state index in [2.05, 4.69) is 5.32 Å². The van der Waals surface area contributed by atoms with Gasteiger partial charge >= 0.3 is 0 Å². The van der Waals surface area contributed by atoms with Crippen LogP contribution in [0, 0.1) is 11.8 Å². The van der Waals surface area contributed by atoms with Crippen molar-refractivity contribution in [2.45, 2.75) is 25.8 Å². The topological polar surface area (TPSA) is 66.5 Å². The fraction of sp³-hybridized carbons (Fsp3) is 0.389. The van der Waals surface area contributed by atoms with Crippen LogP contribution in [0.15, 0.2) is 36.4 Å². The molecule has 1 aliphatic heterocycles. The van der Waals surface area contributed by atoms with Crippen LogP contribution in [0.25, 0.3) is 0 Å². The van der Waals surface area contributed by atoms with E-state index in [-0.39, 0.29) is 42.5 Å². The van der Waals surface area contributed by atoms with Gasteiger partial charge < -0.3 is 5.32 Å². The maximum Gasteiger partial charge on any atom is 0.233 e. The van der Waals surface area contributed by atoms with Gasteiger partial charge in [0.15, 0.2) is 0 Å². The maximum atomic E-state index is 12.3. The zero-order valence-corrected chi connectivity index (χ0v) is 14.0. The Morgan fingerprint density at radius 3 is 2.25 bits per heavy atom. The highest BCUT2D eigenvalue weighted by Gasteiger charge is 2.46. The van der Waals surface area contributed by atoms with Gasteiger partial charge in [-0.3, -0.25) is 19.3 Å². The first kappa shape index (κ1) is 16.7. The van der Waals surface area contributed by atoms with Crippen molar-refractivity contribution in [2.75, 3.05) is 6.54 Å². The van der Waals surface area contributed by atoms with Gasteiger partial charge in [0.1, 0.15) is 0 Å². The van der Waals surface area contributed by atoms with Crippen LogP contribution in [-0.2, 0) is 20.9 Å². The van der Waals surface area contributed by atoms with E-state index in [1.165, 1.54) is 4.90 Å². The number of carbonyl (C=O) groups excluding carboxylic acids is 3. The number of imide groups is 1. The molecule has 3 rings (SSSR count).